The molecule has 3 rings (SSSR count). The summed E-state index contributed by atoms with van der Waals surface area (Å²) in [6.45, 7) is 0.244. The second-order valence-electron chi connectivity index (χ2n) is 5.74. The summed E-state index contributed by atoms with van der Waals surface area (Å²) in [6, 6.07) is 20.4. The topological polar surface area (TPSA) is 42.3 Å². The van der Waals surface area contributed by atoms with Crippen LogP contribution in [0, 0.1) is 0 Å². The van der Waals surface area contributed by atoms with Crippen LogP contribution >= 0.6 is 23.2 Å². The molecule has 0 radical (unpaired) electrons. The molecule has 1 heterocycles. The van der Waals surface area contributed by atoms with Gasteiger partial charge in [-0.3, -0.25) is 9.59 Å². The first-order chi connectivity index (χ1) is 12.5. The van der Waals surface area contributed by atoms with Crippen LogP contribution in [0.25, 0.3) is 0 Å². The van der Waals surface area contributed by atoms with E-state index in [1.54, 1.807) is 4.90 Å². The standard InChI is InChI=1S/C20H16Cl2N2O2/c21-16-11-18(22)20(26)23(13-16)14-19(25)24(17-9-5-2-6-10-17)12-15-7-3-1-4-8-15/h1-11,13H,12,14H2. The maximum Gasteiger partial charge on any atom is 0.269 e. The number of hydrogen-bond donors (Lipinski definition) is 0. The molecule has 1 aromatic heterocycles. The second kappa shape index (κ2) is 8.21. The molecule has 0 fully saturated rings. The van der Waals surface area contributed by atoms with Crippen molar-refractivity contribution in [3.8, 4) is 0 Å². The minimum atomic E-state index is -0.447. The fourth-order valence-corrected chi connectivity index (χ4v) is 3.12. The van der Waals surface area contributed by atoms with Gasteiger partial charge in [-0.15, -0.1) is 0 Å². The number of carbonyl (C=O) groups is 1. The number of benzene rings is 2. The van der Waals surface area contributed by atoms with Crippen molar-refractivity contribution < 1.29 is 4.79 Å². The number of carbonyl (C=O) groups excluding carboxylic acids is 1. The van der Waals surface area contributed by atoms with Gasteiger partial charge in [-0.05, 0) is 23.8 Å². The number of pyridine rings is 1. The van der Waals surface area contributed by atoms with Crippen LogP contribution in [-0.4, -0.2) is 10.5 Å². The summed E-state index contributed by atoms with van der Waals surface area (Å²) in [6.07, 6.45) is 1.42. The first kappa shape index (κ1) is 18.2. The zero-order chi connectivity index (χ0) is 18.5. The van der Waals surface area contributed by atoms with E-state index in [4.69, 9.17) is 23.2 Å². The third-order valence-electron chi connectivity index (χ3n) is 3.87. The molecule has 0 aliphatic heterocycles. The van der Waals surface area contributed by atoms with E-state index in [0.29, 0.717) is 11.6 Å². The predicted molar refractivity (Wildman–Crippen MR) is 105 cm³/mol. The molecule has 0 atom stereocenters. The third kappa shape index (κ3) is 4.34. The molecule has 1 amide bonds. The molecule has 2 aromatic carbocycles. The van der Waals surface area contributed by atoms with Gasteiger partial charge < -0.3 is 9.47 Å². The van der Waals surface area contributed by atoms with Gasteiger partial charge in [0.1, 0.15) is 11.6 Å². The van der Waals surface area contributed by atoms with E-state index >= 15 is 0 Å². The lowest BCUT2D eigenvalue weighted by Crippen LogP contribution is -2.36. The van der Waals surface area contributed by atoms with E-state index in [9.17, 15) is 9.59 Å². The Balaban J connectivity index is 1.92. The van der Waals surface area contributed by atoms with E-state index in [0.717, 1.165) is 11.3 Å². The Kier molecular flexibility index (Phi) is 5.76. The zero-order valence-electron chi connectivity index (χ0n) is 13.8. The Morgan fingerprint density at radius 1 is 0.962 bits per heavy atom. The first-order valence-electron chi connectivity index (χ1n) is 7.99. The summed E-state index contributed by atoms with van der Waals surface area (Å²) in [5.74, 6) is -0.236. The fraction of sp³-hybridized carbons (Fsp3) is 0.100. The highest BCUT2D eigenvalue weighted by molar-refractivity contribution is 6.34. The summed E-state index contributed by atoms with van der Waals surface area (Å²) in [5, 5.41) is 0.288. The van der Waals surface area contributed by atoms with Crippen LogP contribution in [-0.2, 0) is 17.9 Å². The second-order valence-corrected chi connectivity index (χ2v) is 6.58. The van der Waals surface area contributed by atoms with Crippen LogP contribution in [0.15, 0.2) is 77.7 Å². The number of hydrogen-bond acceptors (Lipinski definition) is 2. The Morgan fingerprint density at radius 3 is 2.23 bits per heavy atom. The van der Waals surface area contributed by atoms with Crippen LogP contribution in [0.5, 0.6) is 0 Å². The molecule has 0 aliphatic carbocycles. The Hall–Kier alpha value is -2.56. The molecule has 26 heavy (non-hydrogen) atoms. The van der Waals surface area contributed by atoms with Gasteiger partial charge in [0.05, 0.1) is 11.6 Å². The van der Waals surface area contributed by atoms with E-state index < -0.39 is 5.56 Å². The highest BCUT2D eigenvalue weighted by Gasteiger charge is 2.18. The van der Waals surface area contributed by atoms with Gasteiger partial charge in [0.2, 0.25) is 5.91 Å². The molecular formula is C20H16Cl2N2O2. The molecule has 0 N–H and O–H groups in total. The van der Waals surface area contributed by atoms with E-state index in [1.807, 2.05) is 60.7 Å². The monoisotopic (exact) mass is 386 g/mol. The van der Waals surface area contributed by atoms with Gasteiger partial charge in [-0.1, -0.05) is 71.7 Å². The SMILES string of the molecule is O=C(Cn1cc(Cl)cc(Cl)c1=O)N(Cc1ccccc1)c1ccccc1. The number of amides is 1. The van der Waals surface area contributed by atoms with Gasteiger partial charge >= 0.3 is 0 Å². The molecule has 0 spiro atoms. The Labute approximate surface area is 161 Å². The van der Waals surface area contributed by atoms with Crippen molar-refractivity contribution in [2.75, 3.05) is 4.90 Å². The quantitative estimate of drug-likeness (QED) is 0.652. The number of aromatic nitrogens is 1. The molecular weight excluding hydrogens is 371 g/mol. The van der Waals surface area contributed by atoms with Crippen LogP contribution in [0.4, 0.5) is 5.69 Å². The summed E-state index contributed by atoms with van der Waals surface area (Å²) in [4.78, 5) is 26.8. The van der Waals surface area contributed by atoms with Crippen molar-refractivity contribution in [2.24, 2.45) is 0 Å². The van der Waals surface area contributed by atoms with Crippen molar-refractivity contribution in [3.63, 3.8) is 0 Å². The number of para-hydroxylation sites is 1. The zero-order valence-corrected chi connectivity index (χ0v) is 15.3. The van der Waals surface area contributed by atoms with Crippen molar-refractivity contribution in [1.82, 2.24) is 4.57 Å². The van der Waals surface area contributed by atoms with Crippen molar-refractivity contribution >= 4 is 34.8 Å². The van der Waals surface area contributed by atoms with Crippen LogP contribution in [0.1, 0.15) is 5.56 Å². The van der Waals surface area contributed by atoms with Gasteiger partial charge in [-0.25, -0.2) is 0 Å². The average molecular weight is 387 g/mol. The number of nitrogens with zero attached hydrogens (tertiary/aromatic N) is 2. The van der Waals surface area contributed by atoms with E-state index in [2.05, 4.69) is 0 Å². The molecule has 6 heteroatoms. The summed E-state index contributed by atoms with van der Waals surface area (Å²) in [5.41, 5.74) is 1.29. The van der Waals surface area contributed by atoms with Crippen molar-refractivity contribution in [2.45, 2.75) is 13.1 Å². The van der Waals surface area contributed by atoms with Gasteiger partial charge in [0.25, 0.3) is 5.56 Å². The van der Waals surface area contributed by atoms with Gasteiger partial charge in [0.15, 0.2) is 0 Å². The molecule has 0 unspecified atom stereocenters. The third-order valence-corrected chi connectivity index (χ3v) is 4.34. The molecule has 3 aromatic rings. The maximum atomic E-state index is 13.0. The average Bonchev–Trinajstić information content (AvgIpc) is 2.65. The maximum absolute atomic E-state index is 13.0. The molecule has 0 bridgehead atoms. The predicted octanol–water partition coefficient (Wildman–Crippen LogP) is 4.39. The lowest BCUT2D eigenvalue weighted by Gasteiger charge is -2.23. The number of anilines is 1. The Bertz CT molecular complexity index is 957. The van der Waals surface area contributed by atoms with E-state index in [-0.39, 0.29) is 17.5 Å². The minimum Gasteiger partial charge on any atom is -0.306 e. The summed E-state index contributed by atoms with van der Waals surface area (Å²) in [7, 11) is 0. The van der Waals surface area contributed by atoms with Gasteiger partial charge in [-0.2, -0.15) is 0 Å². The van der Waals surface area contributed by atoms with Crippen LogP contribution < -0.4 is 10.5 Å². The number of rotatable bonds is 5. The van der Waals surface area contributed by atoms with Crippen molar-refractivity contribution in [1.29, 1.82) is 0 Å². The highest BCUT2D eigenvalue weighted by atomic mass is 35.5. The lowest BCUT2D eigenvalue weighted by atomic mass is 10.2. The van der Waals surface area contributed by atoms with Crippen LogP contribution in [0.2, 0.25) is 10.0 Å². The number of halogens is 2. The lowest BCUT2D eigenvalue weighted by molar-refractivity contribution is -0.119. The fourth-order valence-electron chi connectivity index (χ4n) is 2.61. The Morgan fingerprint density at radius 2 is 1.58 bits per heavy atom. The molecule has 132 valence electrons. The van der Waals surface area contributed by atoms with Crippen LogP contribution in [0.3, 0.4) is 0 Å². The largest absolute Gasteiger partial charge is 0.306 e. The first-order valence-corrected chi connectivity index (χ1v) is 8.75. The van der Waals surface area contributed by atoms with Crippen molar-refractivity contribution in [3.05, 3.63) is 98.9 Å². The molecule has 4 nitrogen and oxygen atoms in total. The van der Waals surface area contributed by atoms with Gasteiger partial charge in [0, 0.05) is 11.9 Å². The molecule has 0 saturated carbocycles. The molecule has 0 saturated heterocycles. The summed E-state index contributed by atoms with van der Waals surface area (Å²) >= 11 is 11.8. The minimum absolute atomic E-state index is 0.0142. The smallest absolute Gasteiger partial charge is 0.269 e. The summed E-state index contributed by atoms with van der Waals surface area (Å²) < 4.78 is 1.23. The molecule has 0 aliphatic rings. The highest BCUT2D eigenvalue weighted by Crippen LogP contribution is 2.18. The van der Waals surface area contributed by atoms with E-state index in [1.165, 1.54) is 16.8 Å². The normalized spacial score (nSPS) is 10.5.